The van der Waals surface area contributed by atoms with Crippen molar-refractivity contribution in [1.82, 2.24) is 14.9 Å². The number of aryl methyl sites for hydroxylation is 1. The van der Waals surface area contributed by atoms with Gasteiger partial charge in [-0.25, -0.2) is 4.98 Å². The summed E-state index contributed by atoms with van der Waals surface area (Å²) in [6.45, 7) is 8.53. The van der Waals surface area contributed by atoms with E-state index in [-0.39, 0.29) is 18.4 Å². The number of fused-ring (bicyclic) bond motifs is 1. The molecule has 0 aliphatic heterocycles. The van der Waals surface area contributed by atoms with E-state index >= 15 is 0 Å². The lowest BCUT2D eigenvalue weighted by Gasteiger charge is -2.22. The zero-order valence-corrected chi connectivity index (χ0v) is 20.6. The SMILES string of the molecule is C/C=C\Nc1cc(C)nc2c(OCc3c(Cl)cncc3CN(C)C(=O)C(C)CC)cccc12. The fourth-order valence-corrected chi connectivity index (χ4v) is 3.83. The number of rotatable bonds is 9. The highest BCUT2D eigenvalue weighted by Crippen LogP contribution is 2.31. The van der Waals surface area contributed by atoms with E-state index in [0.29, 0.717) is 17.3 Å². The summed E-state index contributed by atoms with van der Waals surface area (Å²) in [6, 6.07) is 7.87. The van der Waals surface area contributed by atoms with Gasteiger partial charge in [0.2, 0.25) is 5.91 Å². The number of benzene rings is 1. The number of ether oxygens (including phenoxy) is 1. The molecule has 3 aromatic rings. The smallest absolute Gasteiger partial charge is 0.225 e. The number of hydrogen-bond acceptors (Lipinski definition) is 5. The van der Waals surface area contributed by atoms with Crippen molar-refractivity contribution in [3.63, 3.8) is 0 Å². The molecule has 0 saturated carbocycles. The van der Waals surface area contributed by atoms with Crippen LogP contribution in [-0.4, -0.2) is 27.8 Å². The second-order valence-electron chi connectivity index (χ2n) is 8.16. The Labute approximate surface area is 200 Å². The molecule has 0 aliphatic carbocycles. The Bertz CT molecular complexity index is 1160. The fraction of sp³-hybridized carbons (Fsp3) is 0.346. The van der Waals surface area contributed by atoms with E-state index in [2.05, 4.69) is 10.3 Å². The number of hydrogen-bond donors (Lipinski definition) is 1. The molecular formula is C26H31ClN4O2. The second-order valence-corrected chi connectivity index (χ2v) is 8.57. The Hall–Kier alpha value is -3.12. The lowest BCUT2D eigenvalue weighted by Crippen LogP contribution is -2.31. The van der Waals surface area contributed by atoms with Crippen LogP contribution in [0.15, 0.2) is 48.9 Å². The van der Waals surface area contributed by atoms with Crippen LogP contribution < -0.4 is 10.1 Å². The van der Waals surface area contributed by atoms with Gasteiger partial charge < -0.3 is 15.0 Å². The minimum Gasteiger partial charge on any atom is -0.487 e. The van der Waals surface area contributed by atoms with Crippen molar-refractivity contribution in [3.8, 4) is 5.75 Å². The van der Waals surface area contributed by atoms with Crippen LogP contribution >= 0.6 is 11.6 Å². The van der Waals surface area contributed by atoms with Crippen LogP contribution in [0.4, 0.5) is 5.69 Å². The average molecular weight is 467 g/mol. The number of allylic oxidation sites excluding steroid dienone is 1. The number of anilines is 1. The van der Waals surface area contributed by atoms with Gasteiger partial charge in [-0.1, -0.05) is 43.7 Å². The molecule has 0 aliphatic rings. The summed E-state index contributed by atoms with van der Waals surface area (Å²) in [6.07, 6.45) is 7.98. The van der Waals surface area contributed by atoms with Crippen LogP contribution in [0.25, 0.3) is 10.9 Å². The number of nitrogens with zero attached hydrogens (tertiary/aromatic N) is 3. The minimum absolute atomic E-state index is 0.0304. The maximum atomic E-state index is 12.6. The molecule has 3 rings (SSSR count). The van der Waals surface area contributed by atoms with Crippen molar-refractivity contribution in [3.05, 3.63) is 70.8 Å². The molecule has 1 unspecified atom stereocenters. The summed E-state index contributed by atoms with van der Waals surface area (Å²) in [5, 5.41) is 4.78. The molecule has 2 heterocycles. The molecule has 2 aromatic heterocycles. The molecule has 1 amide bonds. The zero-order chi connectivity index (χ0) is 24.0. The highest BCUT2D eigenvalue weighted by Gasteiger charge is 2.19. The van der Waals surface area contributed by atoms with Crippen LogP contribution in [0.5, 0.6) is 5.75 Å². The lowest BCUT2D eigenvalue weighted by atomic mass is 10.1. The second kappa shape index (κ2) is 11.1. The molecule has 7 heteroatoms. The summed E-state index contributed by atoms with van der Waals surface area (Å²) < 4.78 is 6.23. The normalized spacial score (nSPS) is 12.2. The van der Waals surface area contributed by atoms with Crippen LogP contribution in [0, 0.1) is 12.8 Å². The first-order valence-electron chi connectivity index (χ1n) is 11.1. The highest BCUT2D eigenvalue weighted by molar-refractivity contribution is 6.31. The van der Waals surface area contributed by atoms with Crippen LogP contribution in [-0.2, 0) is 17.9 Å². The maximum Gasteiger partial charge on any atom is 0.225 e. The van der Waals surface area contributed by atoms with Crippen molar-refractivity contribution in [2.75, 3.05) is 12.4 Å². The summed E-state index contributed by atoms with van der Waals surface area (Å²) >= 11 is 6.50. The summed E-state index contributed by atoms with van der Waals surface area (Å²) in [7, 11) is 1.80. The van der Waals surface area contributed by atoms with Gasteiger partial charge in [-0.3, -0.25) is 9.78 Å². The molecule has 1 N–H and O–H groups in total. The maximum absolute atomic E-state index is 12.6. The van der Waals surface area contributed by atoms with Gasteiger partial charge in [0.15, 0.2) is 0 Å². The Morgan fingerprint density at radius 1 is 1.33 bits per heavy atom. The number of carbonyl (C=O) groups excluding carboxylic acids is 1. The topological polar surface area (TPSA) is 67.4 Å². The summed E-state index contributed by atoms with van der Waals surface area (Å²) in [4.78, 5) is 23.2. The first kappa shape index (κ1) is 24.5. The number of amides is 1. The van der Waals surface area contributed by atoms with E-state index in [1.54, 1.807) is 24.3 Å². The van der Waals surface area contributed by atoms with E-state index in [4.69, 9.17) is 21.3 Å². The van der Waals surface area contributed by atoms with Gasteiger partial charge in [0.25, 0.3) is 0 Å². The molecule has 6 nitrogen and oxygen atoms in total. The Balaban J connectivity index is 1.89. The van der Waals surface area contributed by atoms with E-state index in [1.807, 2.05) is 64.2 Å². The van der Waals surface area contributed by atoms with Gasteiger partial charge in [0.05, 0.1) is 5.02 Å². The zero-order valence-electron chi connectivity index (χ0n) is 19.9. The van der Waals surface area contributed by atoms with Crippen molar-refractivity contribution in [2.24, 2.45) is 5.92 Å². The largest absolute Gasteiger partial charge is 0.487 e. The third kappa shape index (κ3) is 5.82. The van der Waals surface area contributed by atoms with Crippen molar-refractivity contribution < 1.29 is 9.53 Å². The third-order valence-corrected chi connectivity index (χ3v) is 5.95. The predicted molar refractivity (Wildman–Crippen MR) is 134 cm³/mol. The lowest BCUT2D eigenvalue weighted by molar-refractivity contribution is -0.134. The van der Waals surface area contributed by atoms with Gasteiger partial charge in [-0.05, 0) is 44.2 Å². The monoisotopic (exact) mass is 466 g/mol. The molecule has 1 atom stereocenters. The summed E-state index contributed by atoms with van der Waals surface area (Å²) in [5.74, 6) is 0.735. The molecule has 1 aromatic carbocycles. The molecule has 0 fully saturated rings. The number of nitrogens with one attached hydrogen (secondary N) is 1. The number of halogens is 1. The van der Waals surface area contributed by atoms with E-state index in [9.17, 15) is 4.79 Å². The van der Waals surface area contributed by atoms with Crippen molar-refractivity contribution in [1.29, 1.82) is 0 Å². The van der Waals surface area contributed by atoms with E-state index in [1.165, 1.54) is 0 Å². The molecule has 33 heavy (non-hydrogen) atoms. The molecule has 0 bridgehead atoms. The highest BCUT2D eigenvalue weighted by atomic mass is 35.5. The standard InChI is InChI=1S/C26H31ClN4O2/c1-6-11-29-23-12-18(4)30-25-20(23)9-8-10-24(25)33-16-21-19(13-28-14-22(21)27)15-31(5)26(32)17(3)7-2/h6,8-14,17H,7,15-16H2,1-5H3,(H,29,30)/b11-6-. The van der Waals surface area contributed by atoms with Crippen LogP contribution in [0.3, 0.4) is 0 Å². The van der Waals surface area contributed by atoms with Crippen LogP contribution in [0.1, 0.15) is 44.0 Å². The number of pyridine rings is 2. The number of aromatic nitrogens is 2. The number of carbonyl (C=O) groups is 1. The first-order chi connectivity index (χ1) is 15.8. The average Bonchev–Trinajstić information content (AvgIpc) is 2.81. The molecule has 0 spiro atoms. The predicted octanol–water partition coefficient (Wildman–Crippen LogP) is 6.12. The number of para-hydroxylation sites is 1. The Kier molecular flexibility index (Phi) is 8.28. The van der Waals surface area contributed by atoms with Crippen LogP contribution in [0.2, 0.25) is 5.02 Å². The van der Waals surface area contributed by atoms with Gasteiger partial charge in [-0.2, -0.15) is 0 Å². The molecular weight excluding hydrogens is 436 g/mol. The molecule has 0 saturated heterocycles. The van der Waals surface area contributed by atoms with Gasteiger partial charge in [0.1, 0.15) is 17.9 Å². The first-order valence-corrected chi connectivity index (χ1v) is 11.5. The molecule has 174 valence electrons. The van der Waals surface area contributed by atoms with Gasteiger partial charge in [-0.15, -0.1) is 0 Å². The third-order valence-electron chi connectivity index (χ3n) is 5.62. The van der Waals surface area contributed by atoms with E-state index < -0.39 is 0 Å². The quantitative estimate of drug-likeness (QED) is 0.411. The Morgan fingerprint density at radius 3 is 2.85 bits per heavy atom. The van der Waals surface area contributed by atoms with Gasteiger partial charge in [0, 0.05) is 54.2 Å². The molecule has 0 radical (unpaired) electrons. The fourth-order valence-electron chi connectivity index (χ4n) is 3.59. The van der Waals surface area contributed by atoms with Gasteiger partial charge >= 0.3 is 0 Å². The van der Waals surface area contributed by atoms with E-state index in [0.717, 1.165) is 39.8 Å². The minimum atomic E-state index is -0.0304. The van der Waals surface area contributed by atoms with Crippen molar-refractivity contribution in [2.45, 2.75) is 47.3 Å². The Morgan fingerprint density at radius 2 is 2.12 bits per heavy atom. The van der Waals surface area contributed by atoms with Crippen molar-refractivity contribution >= 4 is 34.1 Å². The summed E-state index contributed by atoms with van der Waals surface area (Å²) in [5.41, 5.74) is 4.31.